The van der Waals surface area contributed by atoms with E-state index < -0.39 is 0 Å². The van der Waals surface area contributed by atoms with Crippen LogP contribution in [0.15, 0.2) is 24.3 Å². The van der Waals surface area contributed by atoms with E-state index in [0.29, 0.717) is 24.5 Å². The van der Waals surface area contributed by atoms with Crippen LogP contribution in [0.1, 0.15) is 30.9 Å². The number of nitrogens with two attached hydrogens (primary N) is 1. The summed E-state index contributed by atoms with van der Waals surface area (Å²) in [6, 6.07) is 7.54. The first kappa shape index (κ1) is 15.9. The smallest absolute Gasteiger partial charge is 0.227 e. The normalized spacial score (nSPS) is 17.7. The number of carbonyl (C=O) groups excluding carboxylic acids is 1. The van der Waals surface area contributed by atoms with Gasteiger partial charge < -0.3 is 15.4 Å². The van der Waals surface area contributed by atoms with Crippen molar-refractivity contribution in [1.29, 1.82) is 0 Å². The lowest BCUT2D eigenvalue weighted by Gasteiger charge is -2.24. The summed E-state index contributed by atoms with van der Waals surface area (Å²) in [6.07, 6.45) is 2.74. The van der Waals surface area contributed by atoms with Crippen LogP contribution in [0, 0.1) is 0 Å². The van der Waals surface area contributed by atoms with Crippen molar-refractivity contribution in [3.63, 3.8) is 0 Å². The molecular formula is C16H22N2O2S. The molecule has 1 atom stereocenters. The second kappa shape index (κ2) is 7.52. The van der Waals surface area contributed by atoms with Crippen molar-refractivity contribution < 1.29 is 9.53 Å². The van der Waals surface area contributed by atoms with Crippen molar-refractivity contribution >= 4 is 23.1 Å². The van der Waals surface area contributed by atoms with Crippen LogP contribution in [0.2, 0.25) is 0 Å². The molecule has 0 bridgehead atoms. The zero-order chi connectivity index (χ0) is 15.2. The highest BCUT2D eigenvalue weighted by molar-refractivity contribution is 7.80. The molecule has 0 aliphatic carbocycles. The van der Waals surface area contributed by atoms with E-state index in [1.54, 1.807) is 0 Å². The molecule has 4 nitrogen and oxygen atoms in total. The Morgan fingerprint density at radius 2 is 2.14 bits per heavy atom. The zero-order valence-corrected chi connectivity index (χ0v) is 13.2. The first-order chi connectivity index (χ1) is 10.1. The number of rotatable bonds is 6. The van der Waals surface area contributed by atoms with Gasteiger partial charge in [0, 0.05) is 25.3 Å². The third kappa shape index (κ3) is 4.51. The van der Waals surface area contributed by atoms with Crippen molar-refractivity contribution in [3.8, 4) is 0 Å². The van der Waals surface area contributed by atoms with E-state index in [-0.39, 0.29) is 12.0 Å². The van der Waals surface area contributed by atoms with Crippen molar-refractivity contribution in [3.05, 3.63) is 35.4 Å². The molecular weight excluding hydrogens is 284 g/mol. The number of hydrogen-bond donors (Lipinski definition) is 1. The lowest BCUT2D eigenvalue weighted by Crippen LogP contribution is -2.38. The maximum atomic E-state index is 12.4. The van der Waals surface area contributed by atoms with Crippen LogP contribution in [-0.2, 0) is 16.0 Å². The van der Waals surface area contributed by atoms with Crippen LogP contribution in [-0.4, -0.2) is 41.6 Å². The Kier molecular flexibility index (Phi) is 5.70. The summed E-state index contributed by atoms with van der Waals surface area (Å²) in [4.78, 5) is 14.6. The minimum atomic E-state index is 0.135. The molecule has 114 valence electrons. The van der Waals surface area contributed by atoms with Crippen LogP contribution in [0.3, 0.4) is 0 Å². The second-order valence-corrected chi connectivity index (χ2v) is 5.75. The molecule has 2 N–H and O–H groups in total. The number of benzene rings is 1. The molecule has 5 heteroatoms. The van der Waals surface area contributed by atoms with Crippen LogP contribution in [0.25, 0.3) is 0 Å². The van der Waals surface area contributed by atoms with Gasteiger partial charge in [-0.05, 0) is 25.3 Å². The average Bonchev–Trinajstić information content (AvgIpc) is 2.98. The predicted molar refractivity (Wildman–Crippen MR) is 87.3 cm³/mol. The highest BCUT2D eigenvalue weighted by Gasteiger charge is 2.21. The Bertz CT molecular complexity index is 496. The van der Waals surface area contributed by atoms with Crippen molar-refractivity contribution in [1.82, 2.24) is 4.90 Å². The van der Waals surface area contributed by atoms with Gasteiger partial charge >= 0.3 is 0 Å². The first-order valence-corrected chi connectivity index (χ1v) is 7.79. The molecule has 1 heterocycles. The fourth-order valence-electron chi connectivity index (χ4n) is 2.51. The van der Waals surface area contributed by atoms with Crippen LogP contribution >= 0.6 is 12.2 Å². The van der Waals surface area contributed by atoms with Gasteiger partial charge in [-0.3, -0.25) is 4.79 Å². The summed E-state index contributed by atoms with van der Waals surface area (Å²) >= 11 is 4.92. The molecule has 1 aromatic rings. The number of hydrogen-bond acceptors (Lipinski definition) is 3. The molecule has 2 rings (SSSR count). The van der Waals surface area contributed by atoms with Crippen LogP contribution < -0.4 is 5.73 Å². The largest absolute Gasteiger partial charge is 0.389 e. The maximum absolute atomic E-state index is 12.4. The molecule has 0 saturated carbocycles. The fourth-order valence-corrected chi connectivity index (χ4v) is 2.65. The summed E-state index contributed by atoms with van der Waals surface area (Å²) in [5.41, 5.74) is 7.37. The number of carbonyl (C=O) groups is 1. The topological polar surface area (TPSA) is 55.6 Å². The Balaban J connectivity index is 1.93. The van der Waals surface area contributed by atoms with Crippen molar-refractivity contribution in [2.75, 3.05) is 19.7 Å². The molecule has 1 fully saturated rings. The molecule has 1 aliphatic rings. The van der Waals surface area contributed by atoms with E-state index in [4.69, 9.17) is 22.7 Å². The zero-order valence-electron chi connectivity index (χ0n) is 12.4. The van der Waals surface area contributed by atoms with Gasteiger partial charge in [0.25, 0.3) is 0 Å². The highest BCUT2D eigenvalue weighted by atomic mass is 32.1. The Morgan fingerprint density at radius 1 is 1.43 bits per heavy atom. The molecule has 1 saturated heterocycles. The van der Waals surface area contributed by atoms with Gasteiger partial charge in [0.2, 0.25) is 5.91 Å². The summed E-state index contributed by atoms with van der Waals surface area (Å²) in [6.45, 7) is 4.23. The third-order valence-corrected chi connectivity index (χ3v) is 4.01. The average molecular weight is 306 g/mol. The number of amides is 1. The van der Waals surface area contributed by atoms with Gasteiger partial charge in [0.15, 0.2) is 0 Å². The Morgan fingerprint density at radius 3 is 2.67 bits per heavy atom. The van der Waals surface area contributed by atoms with E-state index in [1.807, 2.05) is 36.1 Å². The molecule has 0 aromatic heterocycles. The Hall–Kier alpha value is -1.46. The minimum Gasteiger partial charge on any atom is -0.389 e. The number of nitrogens with zero attached hydrogens (tertiary/aromatic N) is 1. The summed E-state index contributed by atoms with van der Waals surface area (Å²) in [5, 5.41) is 0. The van der Waals surface area contributed by atoms with E-state index in [1.165, 1.54) is 0 Å². The number of thiocarbonyl (C=S) groups is 1. The summed E-state index contributed by atoms with van der Waals surface area (Å²) in [5.74, 6) is 0.135. The lowest BCUT2D eigenvalue weighted by atomic mass is 10.1. The molecule has 21 heavy (non-hydrogen) atoms. The van der Waals surface area contributed by atoms with E-state index in [2.05, 4.69) is 0 Å². The highest BCUT2D eigenvalue weighted by Crippen LogP contribution is 2.14. The van der Waals surface area contributed by atoms with E-state index in [0.717, 1.165) is 30.6 Å². The Labute approximate surface area is 131 Å². The first-order valence-electron chi connectivity index (χ1n) is 7.38. The fraction of sp³-hybridized carbons (Fsp3) is 0.500. The summed E-state index contributed by atoms with van der Waals surface area (Å²) in [7, 11) is 0. The van der Waals surface area contributed by atoms with Crippen LogP contribution in [0.4, 0.5) is 0 Å². The van der Waals surface area contributed by atoms with Gasteiger partial charge in [0.1, 0.15) is 4.99 Å². The molecule has 1 aliphatic heterocycles. The minimum absolute atomic E-state index is 0.135. The lowest BCUT2D eigenvalue weighted by molar-refractivity contribution is -0.131. The van der Waals surface area contributed by atoms with Gasteiger partial charge in [-0.2, -0.15) is 0 Å². The molecule has 0 spiro atoms. The SMILES string of the molecule is CCN(CC1CCCO1)C(=O)Cc1ccc(C(N)=S)cc1. The standard InChI is InChI=1S/C16H22N2O2S/c1-2-18(11-14-4-3-9-20-14)15(19)10-12-5-7-13(8-6-12)16(17)21/h5-8,14H,2-4,9-11H2,1H3,(H2,17,21). The number of likely N-dealkylation sites (N-methyl/N-ethyl adjacent to an activating group) is 1. The van der Waals surface area contributed by atoms with E-state index in [9.17, 15) is 4.79 Å². The summed E-state index contributed by atoms with van der Waals surface area (Å²) < 4.78 is 5.61. The maximum Gasteiger partial charge on any atom is 0.227 e. The molecule has 1 amide bonds. The second-order valence-electron chi connectivity index (χ2n) is 5.31. The predicted octanol–water partition coefficient (Wildman–Crippen LogP) is 1.89. The molecule has 0 radical (unpaired) electrons. The van der Waals surface area contributed by atoms with Gasteiger partial charge in [-0.15, -0.1) is 0 Å². The quantitative estimate of drug-likeness (QED) is 0.816. The van der Waals surface area contributed by atoms with Crippen molar-refractivity contribution in [2.24, 2.45) is 5.73 Å². The molecule has 1 aromatic carbocycles. The van der Waals surface area contributed by atoms with Crippen molar-refractivity contribution in [2.45, 2.75) is 32.3 Å². The van der Waals surface area contributed by atoms with Crippen LogP contribution in [0.5, 0.6) is 0 Å². The van der Waals surface area contributed by atoms with Gasteiger partial charge in [-0.25, -0.2) is 0 Å². The van der Waals surface area contributed by atoms with Gasteiger partial charge in [-0.1, -0.05) is 36.5 Å². The number of ether oxygens (including phenoxy) is 1. The van der Waals surface area contributed by atoms with Gasteiger partial charge in [0.05, 0.1) is 12.5 Å². The van der Waals surface area contributed by atoms with E-state index >= 15 is 0 Å². The monoisotopic (exact) mass is 306 g/mol. The third-order valence-electron chi connectivity index (χ3n) is 3.78. The molecule has 1 unspecified atom stereocenters.